The Balaban J connectivity index is 2.28. The zero-order chi connectivity index (χ0) is 12.5. The number of hydrogen-bond acceptors (Lipinski definition) is 5. The first-order valence-corrected chi connectivity index (χ1v) is 7.18. The highest BCUT2D eigenvalue weighted by atomic mass is 35.5. The minimum Gasteiger partial charge on any atom is -0.385 e. The van der Waals surface area contributed by atoms with E-state index < -0.39 is 0 Å². The van der Waals surface area contributed by atoms with Crippen molar-refractivity contribution in [3.63, 3.8) is 0 Å². The molecule has 1 heterocycles. The van der Waals surface area contributed by atoms with Gasteiger partial charge in [-0.05, 0) is 25.5 Å². The minimum absolute atomic E-state index is 0.478. The number of thioether (sulfide) groups is 1. The van der Waals surface area contributed by atoms with Gasteiger partial charge in [-0.3, -0.25) is 0 Å². The summed E-state index contributed by atoms with van der Waals surface area (Å²) in [6.07, 6.45) is 5.27. The van der Waals surface area contributed by atoms with Crippen LogP contribution in [0.5, 0.6) is 0 Å². The number of nitrogens with one attached hydrogen (secondary N) is 1. The summed E-state index contributed by atoms with van der Waals surface area (Å²) in [5.41, 5.74) is 0. The lowest BCUT2D eigenvalue weighted by atomic mass is 10.2. The van der Waals surface area contributed by atoms with Crippen LogP contribution in [0.2, 0.25) is 5.15 Å². The Labute approximate surface area is 112 Å². The molecule has 0 unspecified atom stereocenters. The first-order chi connectivity index (χ1) is 8.26. The maximum atomic E-state index is 5.89. The van der Waals surface area contributed by atoms with Crippen LogP contribution in [0.3, 0.4) is 0 Å². The van der Waals surface area contributed by atoms with E-state index in [0.717, 1.165) is 38.2 Å². The summed E-state index contributed by atoms with van der Waals surface area (Å²) in [6, 6.07) is 1.75. The van der Waals surface area contributed by atoms with E-state index in [-0.39, 0.29) is 0 Å². The topological polar surface area (TPSA) is 47.0 Å². The number of unbranched alkanes of at least 4 members (excludes halogenated alkanes) is 2. The van der Waals surface area contributed by atoms with E-state index in [9.17, 15) is 0 Å². The second kappa shape index (κ2) is 8.55. The van der Waals surface area contributed by atoms with Gasteiger partial charge in [-0.1, -0.05) is 23.4 Å². The fourth-order valence-corrected chi connectivity index (χ4v) is 1.96. The van der Waals surface area contributed by atoms with Crippen LogP contribution < -0.4 is 5.32 Å². The minimum atomic E-state index is 0.478. The van der Waals surface area contributed by atoms with Crippen molar-refractivity contribution in [3.8, 4) is 0 Å². The van der Waals surface area contributed by atoms with E-state index in [1.165, 1.54) is 11.8 Å². The van der Waals surface area contributed by atoms with Gasteiger partial charge in [0.25, 0.3) is 0 Å². The molecular weight excluding hydrogens is 258 g/mol. The Bertz CT molecular complexity index is 338. The molecule has 17 heavy (non-hydrogen) atoms. The number of halogens is 1. The van der Waals surface area contributed by atoms with E-state index in [1.54, 1.807) is 13.2 Å². The number of hydrogen-bond donors (Lipinski definition) is 1. The summed E-state index contributed by atoms with van der Waals surface area (Å²) in [5.74, 6) is 0.793. The average molecular weight is 276 g/mol. The molecule has 0 fully saturated rings. The Hall–Kier alpha value is -0.520. The third-order valence-corrected chi connectivity index (χ3v) is 2.93. The lowest BCUT2D eigenvalue weighted by Gasteiger charge is -2.06. The van der Waals surface area contributed by atoms with Crippen LogP contribution in [0.4, 0.5) is 5.82 Å². The van der Waals surface area contributed by atoms with Crippen LogP contribution in [-0.2, 0) is 4.74 Å². The second-order valence-corrected chi connectivity index (χ2v) is 4.70. The van der Waals surface area contributed by atoms with Crippen LogP contribution in [-0.4, -0.2) is 36.5 Å². The smallest absolute Gasteiger partial charge is 0.190 e. The fourth-order valence-electron chi connectivity index (χ4n) is 1.34. The van der Waals surface area contributed by atoms with Gasteiger partial charge in [0.05, 0.1) is 0 Å². The highest BCUT2D eigenvalue weighted by Crippen LogP contribution is 2.17. The summed E-state index contributed by atoms with van der Waals surface area (Å²) in [5, 5.41) is 4.42. The molecule has 1 aromatic heterocycles. The highest BCUT2D eigenvalue weighted by Gasteiger charge is 2.01. The molecule has 0 spiro atoms. The number of anilines is 1. The molecule has 0 saturated heterocycles. The van der Waals surface area contributed by atoms with Crippen LogP contribution >= 0.6 is 23.4 Å². The molecule has 0 radical (unpaired) electrons. The van der Waals surface area contributed by atoms with Gasteiger partial charge >= 0.3 is 0 Å². The molecule has 0 saturated carbocycles. The Morgan fingerprint density at radius 1 is 1.35 bits per heavy atom. The van der Waals surface area contributed by atoms with Crippen molar-refractivity contribution in [1.29, 1.82) is 0 Å². The van der Waals surface area contributed by atoms with Gasteiger partial charge in [-0.2, -0.15) is 0 Å². The molecule has 0 aliphatic rings. The molecule has 0 aromatic carbocycles. The summed E-state index contributed by atoms with van der Waals surface area (Å²) in [4.78, 5) is 8.40. The number of ether oxygens (including phenoxy) is 1. The van der Waals surface area contributed by atoms with Gasteiger partial charge in [0.2, 0.25) is 0 Å². The summed E-state index contributed by atoms with van der Waals surface area (Å²) >= 11 is 7.37. The van der Waals surface area contributed by atoms with Crippen molar-refractivity contribution in [3.05, 3.63) is 11.2 Å². The predicted octanol–water partition coefficient (Wildman–Crippen LogP) is 3.08. The fraction of sp³-hybridized carbons (Fsp3) is 0.636. The normalized spacial score (nSPS) is 10.5. The number of nitrogens with zero attached hydrogens (tertiary/aromatic N) is 2. The lowest BCUT2D eigenvalue weighted by molar-refractivity contribution is 0.192. The molecule has 0 bridgehead atoms. The summed E-state index contributed by atoms with van der Waals surface area (Å²) in [6.45, 7) is 1.72. The Morgan fingerprint density at radius 2 is 2.18 bits per heavy atom. The maximum Gasteiger partial charge on any atom is 0.190 e. The number of rotatable bonds is 8. The van der Waals surface area contributed by atoms with Crippen LogP contribution in [0, 0.1) is 0 Å². The first-order valence-electron chi connectivity index (χ1n) is 5.57. The SMILES string of the molecule is COCCCCCNc1cc(Cl)nc(SC)n1. The van der Waals surface area contributed by atoms with Crippen molar-refractivity contribution >= 4 is 29.2 Å². The van der Waals surface area contributed by atoms with Crippen molar-refractivity contribution in [2.24, 2.45) is 0 Å². The molecule has 0 amide bonds. The van der Waals surface area contributed by atoms with Crippen molar-refractivity contribution in [1.82, 2.24) is 9.97 Å². The molecule has 0 aliphatic carbocycles. The standard InChI is InChI=1S/C11H18ClN3OS/c1-16-7-5-3-4-6-13-10-8-9(12)14-11(15-10)17-2/h8H,3-7H2,1-2H3,(H,13,14,15). The molecule has 1 N–H and O–H groups in total. The molecule has 96 valence electrons. The van der Waals surface area contributed by atoms with E-state index in [2.05, 4.69) is 15.3 Å². The van der Waals surface area contributed by atoms with Crippen molar-refractivity contribution in [2.75, 3.05) is 31.8 Å². The van der Waals surface area contributed by atoms with E-state index >= 15 is 0 Å². The van der Waals surface area contributed by atoms with Gasteiger partial charge < -0.3 is 10.1 Å². The predicted molar refractivity (Wildman–Crippen MR) is 73.0 cm³/mol. The Morgan fingerprint density at radius 3 is 2.88 bits per heavy atom. The van der Waals surface area contributed by atoms with Gasteiger partial charge in [-0.25, -0.2) is 9.97 Å². The number of aromatic nitrogens is 2. The van der Waals surface area contributed by atoms with Gasteiger partial charge in [0.15, 0.2) is 5.16 Å². The molecule has 4 nitrogen and oxygen atoms in total. The molecule has 1 aromatic rings. The van der Waals surface area contributed by atoms with Crippen LogP contribution in [0.15, 0.2) is 11.2 Å². The van der Waals surface area contributed by atoms with Gasteiger partial charge in [-0.15, -0.1) is 0 Å². The third kappa shape index (κ3) is 6.10. The molecule has 0 atom stereocenters. The maximum absolute atomic E-state index is 5.89. The van der Waals surface area contributed by atoms with Crippen LogP contribution in [0.1, 0.15) is 19.3 Å². The molecule has 6 heteroatoms. The third-order valence-electron chi connectivity index (χ3n) is 2.19. The lowest BCUT2D eigenvalue weighted by Crippen LogP contribution is -2.05. The average Bonchev–Trinajstić information content (AvgIpc) is 2.33. The second-order valence-electron chi connectivity index (χ2n) is 3.54. The number of methoxy groups -OCH3 is 1. The molecule has 0 aliphatic heterocycles. The van der Waals surface area contributed by atoms with Gasteiger partial charge in [0, 0.05) is 26.3 Å². The van der Waals surface area contributed by atoms with Gasteiger partial charge in [0.1, 0.15) is 11.0 Å². The Kier molecular flexibility index (Phi) is 7.32. The largest absolute Gasteiger partial charge is 0.385 e. The van der Waals surface area contributed by atoms with E-state index in [4.69, 9.17) is 16.3 Å². The van der Waals surface area contributed by atoms with E-state index in [1.807, 2.05) is 6.26 Å². The van der Waals surface area contributed by atoms with E-state index in [0.29, 0.717) is 10.3 Å². The van der Waals surface area contributed by atoms with Crippen molar-refractivity contribution < 1.29 is 4.74 Å². The molecular formula is C11H18ClN3OS. The summed E-state index contributed by atoms with van der Waals surface area (Å²) < 4.78 is 4.99. The highest BCUT2D eigenvalue weighted by molar-refractivity contribution is 7.98. The van der Waals surface area contributed by atoms with Crippen LogP contribution in [0.25, 0.3) is 0 Å². The van der Waals surface area contributed by atoms with Crippen molar-refractivity contribution in [2.45, 2.75) is 24.4 Å². The monoisotopic (exact) mass is 275 g/mol. The zero-order valence-corrected chi connectivity index (χ0v) is 11.8. The quantitative estimate of drug-likeness (QED) is 0.342. The zero-order valence-electron chi connectivity index (χ0n) is 10.2. The first kappa shape index (κ1) is 14.5. The molecule has 1 rings (SSSR count). The summed E-state index contributed by atoms with van der Waals surface area (Å²) in [7, 11) is 1.73.